The second kappa shape index (κ2) is 7.79. The van der Waals surface area contributed by atoms with E-state index in [4.69, 9.17) is 11.6 Å². The number of hydrogen-bond acceptors (Lipinski definition) is 1. The molecule has 25 heavy (non-hydrogen) atoms. The summed E-state index contributed by atoms with van der Waals surface area (Å²) in [5, 5.41) is 3.76. The van der Waals surface area contributed by atoms with Gasteiger partial charge in [-0.05, 0) is 67.1 Å². The third-order valence-electron chi connectivity index (χ3n) is 4.82. The maximum Gasteiger partial charge on any atom is 0.399 e. The molecule has 1 aliphatic rings. The zero-order valence-corrected chi connectivity index (χ0v) is 14.6. The van der Waals surface area contributed by atoms with Crippen molar-refractivity contribution in [1.29, 1.82) is 0 Å². The van der Waals surface area contributed by atoms with E-state index in [0.29, 0.717) is 10.9 Å². The van der Waals surface area contributed by atoms with Gasteiger partial charge in [-0.2, -0.15) is 13.2 Å². The highest BCUT2D eigenvalue weighted by atomic mass is 35.5. The van der Waals surface area contributed by atoms with Crippen LogP contribution in [0.25, 0.3) is 0 Å². The van der Waals surface area contributed by atoms with Gasteiger partial charge in [-0.25, -0.2) is 0 Å². The van der Waals surface area contributed by atoms with Crippen molar-refractivity contribution in [2.24, 2.45) is 5.92 Å². The number of rotatable bonds is 5. The van der Waals surface area contributed by atoms with Gasteiger partial charge in [0, 0.05) is 5.02 Å². The molecule has 1 N–H and O–H groups in total. The molecule has 0 spiro atoms. The smallest absolute Gasteiger partial charge is 0.316 e. The van der Waals surface area contributed by atoms with Crippen LogP contribution in [0.5, 0.6) is 0 Å². The van der Waals surface area contributed by atoms with Gasteiger partial charge in [0.25, 0.3) is 0 Å². The van der Waals surface area contributed by atoms with Gasteiger partial charge in [0.15, 0.2) is 0 Å². The first kappa shape index (κ1) is 18.3. The van der Waals surface area contributed by atoms with Crippen LogP contribution in [0.4, 0.5) is 13.2 Å². The molecule has 5 heteroatoms. The van der Waals surface area contributed by atoms with E-state index in [9.17, 15) is 13.2 Å². The number of alkyl halides is 3. The van der Waals surface area contributed by atoms with Crippen molar-refractivity contribution in [1.82, 2.24) is 5.32 Å². The van der Waals surface area contributed by atoms with Gasteiger partial charge in [-0.1, -0.05) is 48.0 Å². The normalized spacial score (nSPS) is 19.1. The lowest BCUT2D eigenvalue weighted by atomic mass is 9.88. The predicted molar refractivity (Wildman–Crippen MR) is 95.1 cm³/mol. The molecule has 0 radical (unpaired) electrons. The maximum absolute atomic E-state index is 13.7. The van der Waals surface area contributed by atoms with E-state index in [0.717, 1.165) is 37.9 Å². The molecule has 1 aliphatic heterocycles. The van der Waals surface area contributed by atoms with Crippen molar-refractivity contribution in [3.63, 3.8) is 0 Å². The number of nitrogens with one attached hydrogen (secondary N) is 1. The lowest BCUT2D eigenvalue weighted by Gasteiger charge is -2.22. The summed E-state index contributed by atoms with van der Waals surface area (Å²) in [5.74, 6) is -1.00. The molecule has 0 aromatic heterocycles. The summed E-state index contributed by atoms with van der Waals surface area (Å²) in [6.45, 7) is 2.05. The Hall–Kier alpha value is -1.52. The number of benzene rings is 2. The summed E-state index contributed by atoms with van der Waals surface area (Å²) >= 11 is 5.82. The SMILES string of the molecule is FC(F)(F)C(c1ccc(Cl)cc1)c1cccc(CCC2CCNC2)c1. The average molecular weight is 368 g/mol. The van der Waals surface area contributed by atoms with Gasteiger partial charge in [-0.3, -0.25) is 0 Å². The molecule has 1 nitrogen and oxygen atoms in total. The van der Waals surface area contributed by atoms with Crippen LogP contribution >= 0.6 is 11.6 Å². The highest BCUT2D eigenvalue weighted by Gasteiger charge is 2.41. The minimum Gasteiger partial charge on any atom is -0.316 e. The highest BCUT2D eigenvalue weighted by Crippen LogP contribution is 2.40. The summed E-state index contributed by atoms with van der Waals surface area (Å²) in [7, 11) is 0. The van der Waals surface area contributed by atoms with E-state index >= 15 is 0 Å². The molecular formula is C20H21ClF3N. The maximum atomic E-state index is 13.7. The van der Waals surface area contributed by atoms with Crippen LogP contribution in [0.1, 0.15) is 35.4 Å². The average Bonchev–Trinajstić information content (AvgIpc) is 3.08. The van der Waals surface area contributed by atoms with Crippen molar-refractivity contribution < 1.29 is 13.2 Å². The Kier molecular flexibility index (Phi) is 5.70. The Morgan fingerprint density at radius 2 is 1.84 bits per heavy atom. The topological polar surface area (TPSA) is 12.0 Å². The van der Waals surface area contributed by atoms with Crippen molar-refractivity contribution in [2.75, 3.05) is 13.1 Å². The van der Waals surface area contributed by atoms with Crippen molar-refractivity contribution in [3.05, 3.63) is 70.2 Å². The van der Waals surface area contributed by atoms with E-state index in [-0.39, 0.29) is 11.1 Å². The summed E-state index contributed by atoms with van der Waals surface area (Å²) in [5.41, 5.74) is 1.47. The van der Waals surface area contributed by atoms with E-state index in [1.54, 1.807) is 18.2 Å². The molecule has 0 amide bonds. The van der Waals surface area contributed by atoms with Gasteiger partial charge in [-0.15, -0.1) is 0 Å². The van der Waals surface area contributed by atoms with Crippen LogP contribution in [-0.2, 0) is 6.42 Å². The van der Waals surface area contributed by atoms with Crippen LogP contribution in [0.2, 0.25) is 5.02 Å². The summed E-state index contributed by atoms with van der Waals surface area (Å²) in [6, 6.07) is 12.8. The molecule has 1 saturated heterocycles. The molecule has 0 bridgehead atoms. The van der Waals surface area contributed by atoms with Gasteiger partial charge >= 0.3 is 6.18 Å². The fourth-order valence-corrected chi connectivity index (χ4v) is 3.61. The summed E-state index contributed by atoms with van der Waals surface area (Å²) in [6.07, 6.45) is -1.38. The number of hydrogen-bond donors (Lipinski definition) is 1. The minimum atomic E-state index is -4.35. The third kappa shape index (κ3) is 4.77. The summed E-state index contributed by atoms with van der Waals surface area (Å²) < 4.78 is 41.1. The molecule has 2 aromatic carbocycles. The molecule has 134 valence electrons. The largest absolute Gasteiger partial charge is 0.399 e. The molecule has 1 heterocycles. The standard InChI is InChI=1S/C20H21ClF3N/c21-18-8-6-16(7-9-18)19(20(22,23)24)17-3-1-2-14(12-17)4-5-15-10-11-25-13-15/h1-3,6-9,12,15,19,25H,4-5,10-11,13H2. The van der Waals surface area contributed by atoms with Crippen LogP contribution in [0.15, 0.2) is 48.5 Å². The van der Waals surface area contributed by atoms with Crippen molar-refractivity contribution in [3.8, 4) is 0 Å². The Morgan fingerprint density at radius 1 is 1.08 bits per heavy atom. The molecule has 1 fully saturated rings. The molecule has 2 unspecified atom stereocenters. The first-order valence-corrected chi connectivity index (χ1v) is 8.93. The minimum absolute atomic E-state index is 0.217. The van der Waals surface area contributed by atoms with Crippen LogP contribution in [0.3, 0.4) is 0 Å². The number of aryl methyl sites for hydroxylation is 1. The molecule has 2 aromatic rings. The predicted octanol–water partition coefficient (Wildman–Crippen LogP) is 5.58. The van der Waals surface area contributed by atoms with Crippen LogP contribution in [0, 0.1) is 5.92 Å². The van der Waals surface area contributed by atoms with Crippen LogP contribution < -0.4 is 5.32 Å². The van der Waals surface area contributed by atoms with Crippen LogP contribution in [-0.4, -0.2) is 19.3 Å². The van der Waals surface area contributed by atoms with Gasteiger partial charge in [0.05, 0.1) is 0 Å². The van der Waals surface area contributed by atoms with Gasteiger partial charge in [0.1, 0.15) is 5.92 Å². The Labute approximate surface area is 151 Å². The fourth-order valence-electron chi connectivity index (χ4n) is 3.49. The third-order valence-corrected chi connectivity index (χ3v) is 5.07. The fraction of sp³-hybridized carbons (Fsp3) is 0.400. The van der Waals surface area contributed by atoms with Gasteiger partial charge in [0.2, 0.25) is 0 Å². The lowest BCUT2D eigenvalue weighted by Crippen LogP contribution is -2.22. The molecule has 3 rings (SSSR count). The highest BCUT2D eigenvalue weighted by molar-refractivity contribution is 6.30. The van der Waals surface area contributed by atoms with E-state index in [1.165, 1.54) is 24.3 Å². The zero-order valence-electron chi connectivity index (χ0n) is 13.8. The van der Waals surface area contributed by atoms with Crippen molar-refractivity contribution >= 4 is 11.6 Å². The first-order chi connectivity index (χ1) is 11.9. The Bertz CT molecular complexity index is 691. The Balaban J connectivity index is 1.83. The molecular weight excluding hydrogens is 347 g/mol. The lowest BCUT2D eigenvalue weighted by molar-refractivity contribution is -0.141. The molecule has 0 saturated carbocycles. The van der Waals surface area contributed by atoms with E-state index in [1.807, 2.05) is 6.07 Å². The monoisotopic (exact) mass is 367 g/mol. The number of halogens is 4. The zero-order chi connectivity index (χ0) is 17.9. The molecule has 2 atom stereocenters. The molecule has 0 aliphatic carbocycles. The van der Waals surface area contributed by atoms with Crippen molar-refractivity contribution in [2.45, 2.75) is 31.4 Å². The first-order valence-electron chi connectivity index (χ1n) is 8.55. The quantitative estimate of drug-likeness (QED) is 0.727. The summed E-state index contributed by atoms with van der Waals surface area (Å²) in [4.78, 5) is 0. The Morgan fingerprint density at radius 3 is 2.48 bits per heavy atom. The second-order valence-corrected chi connectivity index (χ2v) is 7.11. The van der Waals surface area contributed by atoms with E-state index < -0.39 is 12.1 Å². The van der Waals surface area contributed by atoms with E-state index in [2.05, 4.69) is 5.32 Å². The van der Waals surface area contributed by atoms with Gasteiger partial charge < -0.3 is 5.32 Å². The second-order valence-electron chi connectivity index (χ2n) is 6.67.